The van der Waals surface area contributed by atoms with E-state index in [1.165, 1.54) is 164 Å². The van der Waals surface area contributed by atoms with Gasteiger partial charge in [0.05, 0.1) is 5.41 Å². The second-order valence-corrected chi connectivity index (χ2v) is 20.8. The van der Waals surface area contributed by atoms with E-state index in [1.807, 2.05) is 0 Å². The lowest BCUT2D eigenvalue weighted by atomic mass is 9.68. The normalized spacial score (nSPS) is 13.2. The van der Waals surface area contributed by atoms with Crippen LogP contribution < -0.4 is 0 Å². The van der Waals surface area contributed by atoms with Crippen molar-refractivity contribution in [3.63, 3.8) is 0 Å². The van der Waals surface area contributed by atoms with Gasteiger partial charge in [-0.05, 0) is 176 Å². The predicted octanol–water partition coefficient (Wildman–Crippen LogP) is 20.3. The van der Waals surface area contributed by atoms with Crippen LogP contribution in [0.2, 0.25) is 0 Å². The van der Waals surface area contributed by atoms with Crippen LogP contribution in [0, 0.1) is 0 Å². The summed E-state index contributed by atoms with van der Waals surface area (Å²) in [6, 6.07) is 101. The zero-order chi connectivity index (χ0) is 48.9. The SMILES string of the molecule is c1ccc2c(c1)-c1ccccc1C21c2c(c3ccccc3c3ccccc23)-c2c1c1ccc(-c3ccc(-c4c5ccccc5c(-c5cc6ccccc6c6ccccc56)c5ccccc45)cc3)cc1c1ccccc21. The first kappa shape index (κ1) is 40.9. The van der Waals surface area contributed by atoms with E-state index in [1.54, 1.807) is 0 Å². The van der Waals surface area contributed by atoms with Gasteiger partial charge in [-0.15, -0.1) is 0 Å². The van der Waals surface area contributed by atoms with Crippen LogP contribution in [-0.4, -0.2) is 0 Å². The third-order valence-corrected chi connectivity index (χ3v) is 17.4. The average Bonchev–Trinajstić information content (AvgIpc) is 4.18. The number of benzene rings is 15. The number of hydrogen-bond acceptors (Lipinski definition) is 0. The minimum absolute atomic E-state index is 0.546. The molecule has 0 nitrogen and oxygen atoms in total. The first-order valence-electron chi connectivity index (χ1n) is 26.3. The summed E-state index contributed by atoms with van der Waals surface area (Å²) in [7, 11) is 0. The lowest BCUT2D eigenvalue weighted by molar-refractivity contribution is 0.810. The van der Waals surface area contributed by atoms with Crippen LogP contribution in [0.4, 0.5) is 0 Å². The van der Waals surface area contributed by atoms with Gasteiger partial charge in [-0.25, -0.2) is 0 Å². The van der Waals surface area contributed by atoms with E-state index in [0.29, 0.717) is 0 Å². The van der Waals surface area contributed by atoms with Crippen LogP contribution in [-0.2, 0) is 5.41 Å². The molecule has 0 bridgehead atoms. The van der Waals surface area contributed by atoms with Crippen molar-refractivity contribution in [3.8, 4) is 55.6 Å². The second-order valence-electron chi connectivity index (χ2n) is 20.8. The summed E-state index contributed by atoms with van der Waals surface area (Å²) in [5.41, 5.74) is 17.8. The Balaban J connectivity index is 0.894. The summed E-state index contributed by atoms with van der Waals surface area (Å²) in [4.78, 5) is 0. The Morgan fingerprint density at radius 2 is 0.547 bits per heavy atom. The molecule has 0 fully saturated rings. The maximum Gasteiger partial charge on any atom is 0.0738 e. The summed E-state index contributed by atoms with van der Waals surface area (Å²) in [6.07, 6.45) is 0. The van der Waals surface area contributed by atoms with Gasteiger partial charge in [-0.1, -0.05) is 255 Å². The predicted molar refractivity (Wildman–Crippen MR) is 319 cm³/mol. The minimum atomic E-state index is -0.546. The highest BCUT2D eigenvalue weighted by Crippen LogP contribution is 2.68. The first-order valence-corrected chi connectivity index (χ1v) is 26.3. The van der Waals surface area contributed by atoms with E-state index < -0.39 is 5.41 Å². The zero-order valence-electron chi connectivity index (χ0n) is 40.9. The topological polar surface area (TPSA) is 0 Å². The van der Waals surface area contributed by atoms with Crippen LogP contribution in [0.1, 0.15) is 22.3 Å². The van der Waals surface area contributed by atoms with E-state index in [9.17, 15) is 0 Å². The summed E-state index contributed by atoms with van der Waals surface area (Å²) < 4.78 is 0. The van der Waals surface area contributed by atoms with Crippen molar-refractivity contribution >= 4 is 86.2 Å². The molecule has 344 valence electrons. The Morgan fingerprint density at radius 3 is 1.11 bits per heavy atom. The van der Waals surface area contributed by atoms with Crippen molar-refractivity contribution in [2.24, 2.45) is 0 Å². The maximum absolute atomic E-state index is 2.49. The summed E-state index contributed by atoms with van der Waals surface area (Å²) in [5.74, 6) is 0. The Morgan fingerprint density at radius 1 is 0.187 bits per heavy atom. The summed E-state index contributed by atoms with van der Waals surface area (Å²) in [5, 5.41) is 20.5. The molecule has 0 amide bonds. The molecule has 2 aliphatic carbocycles. The zero-order valence-corrected chi connectivity index (χ0v) is 40.9. The number of fused-ring (bicyclic) bond motifs is 25. The molecular weight excluding hydrogens is 901 g/mol. The molecule has 0 radical (unpaired) electrons. The molecule has 0 aromatic heterocycles. The van der Waals surface area contributed by atoms with Gasteiger partial charge in [0.25, 0.3) is 0 Å². The van der Waals surface area contributed by atoms with E-state index in [0.717, 1.165) is 0 Å². The number of hydrogen-bond donors (Lipinski definition) is 0. The molecular formula is C75H44. The fourth-order valence-corrected chi connectivity index (χ4v) is 14.5. The molecule has 0 N–H and O–H groups in total. The van der Waals surface area contributed by atoms with Gasteiger partial charge in [0.1, 0.15) is 0 Å². The first-order chi connectivity index (χ1) is 37.3. The van der Waals surface area contributed by atoms with Crippen molar-refractivity contribution in [1.82, 2.24) is 0 Å². The highest BCUT2D eigenvalue weighted by Gasteiger charge is 2.54. The van der Waals surface area contributed by atoms with Gasteiger partial charge in [0.15, 0.2) is 0 Å². The molecule has 0 heteroatoms. The van der Waals surface area contributed by atoms with Crippen LogP contribution in [0.5, 0.6) is 0 Å². The molecule has 0 unspecified atom stereocenters. The van der Waals surface area contributed by atoms with Gasteiger partial charge < -0.3 is 0 Å². The number of rotatable bonds is 3. The van der Waals surface area contributed by atoms with Gasteiger partial charge in [0.2, 0.25) is 0 Å². The van der Waals surface area contributed by atoms with Crippen LogP contribution in [0.3, 0.4) is 0 Å². The Kier molecular flexibility index (Phi) is 8.30. The molecule has 0 heterocycles. The Labute approximate surface area is 434 Å². The molecule has 0 atom stereocenters. The second kappa shape index (κ2) is 15.2. The van der Waals surface area contributed by atoms with Gasteiger partial charge >= 0.3 is 0 Å². The Hall–Kier alpha value is -9.62. The average molecular weight is 945 g/mol. The highest BCUT2D eigenvalue weighted by molar-refractivity contribution is 6.29. The van der Waals surface area contributed by atoms with Crippen LogP contribution >= 0.6 is 0 Å². The lowest BCUT2D eigenvalue weighted by Gasteiger charge is -2.33. The van der Waals surface area contributed by atoms with Gasteiger partial charge in [0, 0.05) is 0 Å². The van der Waals surface area contributed by atoms with Crippen molar-refractivity contribution in [2.45, 2.75) is 5.41 Å². The molecule has 15 aromatic rings. The van der Waals surface area contributed by atoms with E-state index in [4.69, 9.17) is 0 Å². The van der Waals surface area contributed by atoms with Crippen molar-refractivity contribution in [1.29, 1.82) is 0 Å². The highest BCUT2D eigenvalue weighted by atomic mass is 14.5. The molecule has 17 rings (SSSR count). The van der Waals surface area contributed by atoms with Crippen molar-refractivity contribution < 1.29 is 0 Å². The van der Waals surface area contributed by atoms with Gasteiger partial charge in [-0.2, -0.15) is 0 Å². The van der Waals surface area contributed by atoms with Crippen LogP contribution in [0.25, 0.3) is 142 Å². The monoisotopic (exact) mass is 944 g/mol. The van der Waals surface area contributed by atoms with Crippen molar-refractivity contribution in [3.05, 3.63) is 289 Å². The van der Waals surface area contributed by atoms with Crippen LogP contribution in [0.15, 0.2) is 267 Å². The fourth-order valence-electron chi connectivity index (χ4n) is 14.5. The molecule has 75 heavy (non-hydrogen) atoms. The molecule has 0 aliphatic heterocycles. The smallest absolute Gasteiger partial charge is 0.0619 e. The Bertz CT molecular complexity index is 4890. The molecule has 1 spiro atoms. The third kappa shape index (κ3) is 5.35. The third-order valence-electron chi connectivity index (χ3n) is 17.4. The lowest BCUT2D eigenvalue weighted by Crippen LogP contribution is -2.26. The minimum Gasteiger partial charge on any atom is -0.0619 e. The molecule has 0 saturated carbocycles. The maximum atomic E-state index is 2.49. The fraction of sp³-hybridized carbons (Fsp3) is 0.0133. The van der Waals surface area contributed by atoms with E-state index in [-0.39, 0.29) is 0 Å². The van der Waals surface area contributed by atoms with E-state index >= 15 is 0 Å². The molecule has 15 aromatic carbocycles. The molecule has 2 aliphatic rings. The standard InChI is InChI=1S/C75H44/c1-2-20-49-48(19-1)44-66(53-24-4-3-21-50(49)53)70-61-32-12-10-30-59(61)69(60-31-11-13-33-62(60)70)46-39-37-45(38-40-46)47-41-42-64-65(43-47)54-25-6-9-29-58(54)72-71-57-28-8-5-22-51(57)52-23-7-14-34-63(52)73(71)75(74(64)72)67-35-17-15-26-55(67)56-27-16-18-36-68(56)75/h1-44H. The van der Waals surface area contributed by atoms with Crippen molar-refractivity contribution in [2.75, 3.05) is 0 Å². The summed E-state index contributed by atoms with van der Waals surface area (Å²) >= 11 is 0. The van der Waals surface area contributed by atoms with Gasteiger partial charge in [-0.3, -0.25) is 0 Å². The summed E-state index contributed by atoms with van der Waals surface area (Å²) in [6.45, 7) is 0. The quantitative estimate of drug-likeness (QED) is 0.122. The van der Waals surface area contributed by atoms with E-state index in [2.05, 4.69) is 267 Å². The largest absolute Gasteiger partial charge is 0.0738 e. The molecule has 0 saturated heterocycles.